The summed E-state index contributed by atoms with van der Waals surface area (Å²) >= 11 is 0. The fraction of sp³-hybridized carbons (Fsp3) is 0.400. The van der Waals surface area contributed by atoms with Crippen LogP contribution in [0.4, 0.5) is 0 Å². The first kappa shape index (κ1) is 12.7. The highest BCUT2D eigenvalue weighted by atomic mass is 16.4. The van der Waals surface area contributed by atoms with E-state index in [2.05, 4.69) is 37.6 Å². The minimum absolute atomic E-state index is 0.182. The van der Waals surface area contributed by atoms with Gasteiger partial charge in [-0.1, -0.05) is 18.2 Å². The number of aromatic nitrogens is 1. The van der Waals surface area contributed by atoms with Crippen molar-refractivity contribution < 1.29 is 9.90 Å². The highest BCUT2D eigenvalue weighted by molar-refractivity contribution is 5.87. The van der Waals surface area contributed by atoms with Gasteiger partial charge in [-0.2, -0.15) is 0 Å². The first-order chi connectivity index (χ1) is 8.50. The lowest BCUT2D eigenvalue weighted by molar-refractivity contribution is -0.136. The summed E-state index contributed by atoms with van der Waals surface area (Å²) < 4.78 is 2.24. The lowest BCUT2D eigenvalue weighted by Gasteiger charge is -2.12. The molecule has 3 nitrogen and oxygen atoms in total. The molecule has 0 saturated carbocycles. The number of carboxylic acids is 1. The quantitative estimate of drug-likeness (QED) is 0.895. The average molecular weight is 245 g/mol. The number of para-hydroxylation sites is 1. The van der Waals surface area contributed by atoms with Crippen molar-refractivity contribution in [1.82, 2.24) is 4.57 Å². The van der Waals surface area contributed by atoms with Crippen LogP contribution in [0.25, 0.3) is 10.9 Å². The third-order valence-corrected chi connectivity index (χ3v) is 3.30. The van der Waals surface area contributed by atoms with E-state index in [0.717, 1.165) is 5.56 Å². The van der Waals surface area contributed by atoms with Crippen molar-refractivity contribution in [2.75, 3.05) is 0 Å². The van der Waals surface area contributed by atoms with E-state index in [1.807, 2.05) is 12.1 Å². The number of aliphatic carboxylic acids is 1. The lowest BCUT2D eigenvalue weighted by atomic mass is 10.0. The summed E-state index contributed by atoms with van der Waals surface area (Å²) in [6, 6.07) is 6.53. The van der Waals surface area contributed by atoms with E-state index in [9.17, 15) is 4.79 Å². The molecule has 3 heteroatoms. The van der Waals surface area contributed by atoms with Gasteiger partial charge >= 0.3 is 5.97 Å². The number of aryl methyl sites for hydroxylation is 2. The SMILES string of the molecule is Cc1cn(C(C)C)c2c(CCC(=O)O)cccc12. The number of carbonyl (C=O) groups is 1. The molecule has 0 saturated heterocycles. The molecule has 1 N–H and O–H groups in total. The lowest BCUT2D eigenvalue weighted by Crippen LogP contribution is -2.03. The molecule has 1 aromatic heterocycles. The van der Waals surface area contributed by atoms with Crippen molar-refractivity contribution in [3.8, 4) is 0 Å². The molecule has 96 valence electrons. The Morgan fingerprint density at radius 2 is 2.11 bits per heavy atom. The van der Waals surface area contributed by atoms with E-state index in [1.54, 1.807) is 0 Å². The number of carboxylic acid groups (broad SMARTS) is 1. The van der Waals surface area contributed by atoms with Gasteiger partial charge in [-0.05, 0) is 38.3 Å². The molecule has 2 aromatic rings. The summed E-state index contributed by atoms with van der Waals surface area (Å²) in [5, 5.41) is 10.1. The van der Waals surface area contributed by atoms with Gasteiger partial charge in [-0.3, -0.25) is 4.79 Å². The zero-order valence-corrected chi connectivity index (χ0v) is 11.1. The van der Waals surface area contributed by atoms with Crippen LogP contribution < -0.4 is 0 Å². The maximum absolute atomic E-state index is 10.7. The maximum atomic E-state index is 10.7. The van der Waals surface area contributed by atoms with Crippen molar-refractivity contribution in [2.24, 2.45) is 0 Å². The fourth-order valence-electron chi connectivity index (χ4n) is 2.41. The minimum Gasteiger partial charge on any atom is -0.481 e. The van der Waals surface area contributed by atoms with Crippen LogP contribution in [0.5, 0.6) is 0 Å². The summed E-state index contributed by atoms with van der Waals surface area (Å²) in [5.41, 5.74) is 3.55. The standard InChI is InChI=1S/C15H19NO2/c1-10(2)16-9-11(3)13-6-4-5-12(15(13)16)7-8-14(17)18/h4-6,9-10H,7-8H2,1-3H3,(H,17,18). The summed E-state index contributed by atoms with van der Waals surface area (Å²) in [6.45, 7) is 6.39. The number of hydrogen-bond donors (Lipinski definition) is 1. The molecule has 0 radical (unpaired) electrons. The highest BCUT2D eigenvalue weighted by Crippen LogP contribution is 2.27. The second-order valence-electron chi connectivity index (χ2n) is 5.02. The highest BCUT2D eigenvalue weighted by Gasteiger charge is 2.12. The summed E-state index contributed by atoms with van der Waals surface area (Å²) in [5.74, 6) is -0.744. The van der Waals surface area contributed by atoms with Crippen LogP contribution in [0, 0.1) is 6.92 Å². The van der Waals surface area contributed by atoms with Crippen molar-refractivity contribution in [3.05, 3.63) is 35.5 Å². The van der Waals surface area contributed by atoms with Gasteiger partial charge in [-0.15, -0.1) is 0 Å². The molecule has 1 heterocycles. The Hall–Kier alpha value is -1.77. The van der Waals surface area contributed by atoms with Gasteiger partial charge in [-0.25, -0.2) is 0 Å². The van der Waals surface area contributed by atoms with Gasteiger partial charge in [0.2, 0.25) is 0 Å². The van der Waals surface area contributed by atoms with Crippen molar-refractivity contribution in [3.63, 3.8) is 0 Å². The number of benzene rings is 1. The molecule has 0 fully saturated rings. The Bertz CT molecular complexity index is 581. The molecular weight excluding hydrogens is 226 g/mol. The Morgan fingerprint density at radius 1 is 1.39 bits per heavy atom. The van der Waals surface area contributed by atoms with E-state index < -0.39 is 5.97 Å². The van der Waals surface area contributed by atoms with E-state index in [1.165, 1.54) is 16.5 Å². The predicted molar refractivity (Wildman–Crippen MR) is 73.0 cm³/mol. The minimum atomic E-state index is -0.744. The molecule has 0 amide bonds. The van der Waals surface area contributed by atoms with Crippen molar-refractivity contribution in [2.45, 2.75) is 39.7 Å². The zero-order valence-electron chi connectivity index (χ0n) is 11.1. The van der Waals surface area contributed by atoms with Crippen molar-refractivity contribution in [1.29, 1.82) is 0 Å². The average Bonchev–Trinajstić information content (AvgIpc) is 2.65. The first-order valence-corrected chi connectivity index (χ1v) is 6.31. The molecule has 0 aliphatic carbocycles. The molecule has 2 rings (SSSR count). The van der Waals surface area contributed by atoms with Gasteiger partial charge in [0.05, 0.1) is 5.52 Å². The smallest absolute Gasteiger partial charge is 0.303 e. The Kier molecular flexibility index (Phi) is 3.41. The summed E-state index contributed by atoms with van der Waals surface area (Å²) in [4.78, 5) is 10.7. The number of rotatable bonds is 4. The molecule has 0 atom stereocenters. The van der Waals surface area contributed by atoms with Crippen molar-refractivity contribution >= 4 is 16.9 Å². The molecular formula is C15H19NO2. The summed E-state index contributed by atoms with van der Waals surface area (Å²) in [7, 11) is 0. The molecule has 1 aromatic carbocycles. The third kappa shape index (κ3) is 2.26. The first-order valence-electron chi connectivity index (χ1n) is 6.31. The Labute approximate surface area is 107 Å². The Morgan fingerprint density at radius 3 is 2.72 bits per heavy atom. The van der Waals surface area contributed by atoms with Gasteiger partial charge in [0.25, 0.3) is 0 Å². The molecule has 0 spiro atoms. The molecule has 0 bridgehead atoms. The fourth-order valence-corrected chi connectivity index (χ4v) is 2.41. The summed E-state index contributed by atoms with van der Waals surface area (Å²) in [6.07, 6.45) is 2.92. The molecule has 0 aliphatic heterocycles. The monoisotopic (exact) mass is 245 g/mol. The Balaban J connectivity index is 2.55. The van der Waals surface area contributed by atoms with Crippen LogP contribution in [0.3, 0.4) is 0 Å². The van der Waals surface area contributed by atoms with Crippen LogP contribution in [0.1, 0.15) is 37.4 Å². The van der Waals surface area contributed by atoms with E-state index in [-0.39, 0.29) is 6.42 Å². The van der Waals surface area contributed by atoms with Gasteiger partial charge in [0, 0.05) is 24.0 Å². The number of fused-ring (bicyclic) bond motifs is 1. The molecule has 18 heavy (non-hydrogen) atoms. The maximum Gasteiger partial charge on any atom is 0.303 e. The van der Waals surface area contributed by atoms with Crippen LogP contribution in [0.2, 0.25) is 0 Å². The van der Waals surface area contributed by atoms with E-state index >= 15 is 0 Å². The second-order valence-corrected chi connectivity index (χ2v) is 5.02. The molecule has 0 unspecified atom stereocenters. The normalized spacial score (nSPS) is 11.3. The van der Waals surface area contributed by atoms with Crippen LogP contribution in [0.15, 0.2) is 24.4 Å². The van der Waals surface area contributed by atoms with E-state index in [0.29, 0.717) is 12.5 Å². The second kappa shape index (κ2) is 4.84. The van der Waals surface area contributed by atoms with Crippen LogP contribution >= 0.6 is 0 Å². The van der Waals surface area contributed by atoms with Crippen LogP contribution in [-0.4, -0.2) is 15.6 Å². The number of nitrogens with zero attached hydrogens (tertiary/aromatic N) is 1. The van der Waals surface area contributed by atoms with Gasteiger partial charge < -0.3 is 9.67 Å². The van der Waals surface area contributed by atoms with Crippen LogP contribution in [-0.2, 0) is 11.2 Å². The number of hydrogen-bond acceptors (Lipinski definition) is 1. The topological polar surface area (TPSA) is 42.2 Å². The third-order valence-electron chi connectivity index (χ3n) is 3.30. The van der Waals surface area contributed by atoms with E-state index in [4.69, 9.17) is 5.11 Å². The van der Waals surface area contributed by atoms with Gasteiger partial charge in [0.15, 0.2) is 0 Å². The largest absolute Gasteiger partial charge is 0.481 e. The predicted octanol–water partition coefficient (Wildman–Crippen LogP) is 3.55. The molecule has 0 aliphatic rings. The van der Waals surface area contributed by atoms with Gasteiger partial charge in [0.1, 0.15) is 0 Å². The zero-order chi connectivity index (χ0) is 13.3.